The summed E-state index contributed by atoms with van der Waals surface area (Å²) in [5.74, 6) is -0.246. The van der Waals surface area contributed by atoms with E-state index in [0.717, 1.165) is 11.1 Å². The Kier molecular flexibility index (Phi) is 6.56. The van der Waals surface area contributed by atoms with Crippen LogP contribution in [0.4, 0.5) is 11.4 Å². The van der Waals surface area contributed by atoms with E-state index < -0.39 is 4.92 Å². The van der Waals surface area contributed by atoms with E-state index in [4.69, 9.17) is 4.74 Å². The third kappa shape index (κ3) is 5.39. The number of carbonyl (C=O) groups is 1. The van der Waals surface area contributed by atoms with E-state index in [0.29, 0.717) is 37.6 Å². The van der Waals surface area contributed by atoms with Gasteiger partial charge in [-0.2, -0.15) is 5.10 Å². The van der Waals surface area contributed by atoms with Crippen LogP contribution in [0, 0.1) is 24.0 Å². The summed E-state index contributed by atoms with van der Waals surface area (Å²) in [6, 6.07) is 10.8. The van der Waals surface area contributed by atoms with Crippen molar-refractivity contribution in [3.63, 3.8) is 0 Å². The molecule has 0 atom stereocenters. The van der Waals surface area contributed by atoms with Crippen molar-refractivity contribution in [1.82, 2.24) is 5.43 Å². The van der Waals surface area contributed by atoms with E-state index in [-0.39, 0.29) is 18.0 Å². The summed E-state index contributed by atoms with van der Waals surface area (Å²) in [5, 5.41) is 15.4. The Hall–Kier alpha value is -3.26. The first kappa shape index (κ1) is 20.5. The minimum absolute atomic E-state index is 0.0114. The van der Waals surface area contributed by atoms with Crippen molar-refractivity contribution >= 4 is 23.5 Å². The number of hydrogen-bond acceptors (Lipinski definition) is 6. The Labute approximate surface area is 169 Å². The van der Waals surface area contributed by atoms with Gasteiger partial charge in [0.25, 0.3) is 5.69 Å². The highest BCUT2D eigenvalue weighted by molar-refractivity contribution is 5.85. The van der Waals surface area contributed by atoms with Crippen LogP contribution in [-0.4, -0.2) is 43.3 Å². The van der Waals surface area contributed by atoms with Gasteiger partial charge in [0.1, 0.15) is 5.69 Å². The Morgan fingerprint density at radius 1 is 1.21 bits per heavy atom. The third-order valence-corrected chi connectivity index (χ3v) is 4.89. The van der Waals surface area contributed by atoms with Gasteiger partial charge in [-0.05, 0) is 36.6 Å². The minimum atomic E-state index is -0.402. The highest BCUT2D eigenvalue weighted by Crippen LogP contribution is 2.29. The van der Waals surface area contributed by atoms with E-state index in [1.54, 1.807) is 12.1 Å². The van der Waals surface area contributed by atoms with Crippen molar-refractivity contribution in [1.29, 1.82) is 0 Å². The number of nitro benzene ring substituents is 1. The fourth-order valence-corrected chi connectivity index (χ4v) is 3.16. The van der Waals surface area contributed by atoms with Crippen molar-refractivity contribution in [2.75, 3.05) is 31.2 Å². The van der Waals surface area contributed by atoms with Crippen molar-refractivity contribution < 1.29 is 14.5 Å². The molecule has 1 saturated heterocycles. The second-order valence-corrected chi connectivity index (χ2v) is 6.99. The molecule has 29 heavy (non-hydrogen) atoms. The van der Waals surface area contributed by atoms with E-state index in [1.807, 2.05) is 36.9 Å². The van der Waals surface area contributed by atoms with Crippen molar-refractivity contribution in [3.8, 4) is 0 Å². The fraction of sp³-hybridized carbons (Fsp3) is 0.333. The molecule has 2 aromatic carbocycles. The number of ether oxygens (including phenoxy) is 1. The van der Waals surface area contributed by atoms with Crippen LogP contribution in [0.25, 0.3) is 0 Å². The first-order valence-electron chi connectivity index (χ1n) is 9.43. The molecule has 1 heterocycles. The van der Waals surface area contributed by atoms with Crippen LogP contribution in [0.15, 0.2) is 41.5 Å². The number of hydrogen-bond donors (Lipinski definition) is 1. The second-order valence-electron chi connectivity index (χ2n) is 6.99. The molecule has 8 nitrogen and oxygen atoms in total. The summed E-state index contributed by atoms with van der Waals surface area (Å²) in [7, 11) is 0. The number of rotatable bonds is 6. The van der Waals surface area contributed by atoms with Crippen LogP contribution in [0.1, 0.15) is 22.3 Å². The molecule has 2 aromatic rings. The lowest BCUT2D eigenvalue weighted by molar-refractivity contribution is -0.384. The molecule has 1 N–H and O–H groups in total. The van der Waals surface area contributed by atoms with Crippen molar-refractivity contribution in [2.45, 2.75) is 20.3 Å². The second kappa shape index (κ2) is 9.29. The molecule has 152 valence electrons. The molecule has 1 fully saturated rings. The molecule has 3 rings (SSSR count). The van der Waals surface area contributed by atoms with E-state index in [9.17, 15) is 14.9 Å². The SMILES string of the molecule is Cc1ccc(CC(=O)N/N=C\c2ccc(N3CCOCC3)c([N+](=O)[O-])c2)cc1C. The number of aryl methyl sites for hydroxylation is 2. The lowest BCUT2D eigenvalue weighted by atomic mass is 10.0. The van der Waals surface area contributed by atoms with Crippen LogP contribution >= 0.6 is 0 Å². The molecule has 8 heteroatoms. The van der Waals surface area contributed by atoms with Gasteiger partial charge in [-0.25, -0.2) is 5.43 Å². The maximum atomic E-state index is 12.1. The topological polar surface area (TPSA) is 97.1 Å². The van der Waals surface area contributed by atoms with Gasteiger partial charge in [-0.15, -0.1) is 0 Å². The first-order chi connectivity index (χ1) is 13.9. The monoisotopic (exact) mass is 396 g/mol. The Morgan fingerprint density at radius 3 is 2.66 bits per heavy atom. The highest BCUT2D eigenvalue weighted by atomic mass is 16.6. The molecule has 0 unspecified atom stereocenters. The zero-order chi connectivity index (χ0) is 20.8. The van der Waals surface area contributed by atoms with Gasteiger partial charge in [0.05, 0.1) is 30.8 Å². The average molecular weight is 396 g/mol. The summed E-state index contributed by atoms with van der Waals surface area (Å²) in [6.07, 6.45) is 1.63. The van der Waals surface area contributed by atoms with E-state index in [2.05, 4.69) is 10.5 Å². The van der Waals surface area contributed by atoms with Crippen LogP contribution in [-0.2, 0) is 16.0 Å². The fourth-order valence-electron chi connectivity index (χ4n) is 3.16. The lowest BCUT2D eigenvalue weighted by Gasteiger charge is -2.28. The number of morpholine rings is 1. The largest absolute Gasteiger partial charge is 0.378 e. The summed E-state index contributed by atoms with van der Waals surface area (Å²) in [4.78, 5) is 25.1. The quantitative estimate of drug-likeness (QED) is 0.460. The maximum Gasteiger partial charge on any atom is 0.293 e. The number of nitro groups is 1. The molecule has 1 aliphatic rings. The number of carbonyl (C=O) groups excluding carboxylic acids is 1. The normalized spacial score (nSPS) is 14.2. The van der Waals surface area contributed by atoms with Crippen molar-refractivity contribution in [3.05, 3.63) is 68.8 Å². The molecule has 0 aromatic heterocycles. The van der Waals surface area contributed by atoms with Gasteiger partial charge in [-0.1, -0.05) is 24.3 Å². The first-order valence-corrected chi connectivity index (χ1v) is 9.43. The van der Waals surface area contributed by atoms with Crippen molar-refractivity contribution in [2.24, 2.45) is 5.10 Å². The maximum absolute atomic E-state index is 12.1. The Morgan fingerprint density at radius 2 is 1.97 bits per heavy atom. The summed E-state index contributed by atoms with van der Waals surface area (Å²) < 4.78 is 5.30. The molecule has 1 aliphatic heterocycles. The molecular formula is C21H24N4O4. The third-order valence-electron chi connectivity index (χ3n) is 4.89. The summed E-state index contributed by atoms with van der Waals surface area (Å²) in [5.41, 5.74) is 6.81. The number of hydrazone groups is 1. The Bertz CT molecular complexity index is 936. The number of amides is 1. The van der Waals surface area contributed by atoms with E-state index in [1.165, 1.54) is 17.8 Å². The lowest BCUT2D eigenvalue weighted by Crippen LogP contribution is -2.36. The molecule has 0 bridgehead atoms. The molecule has 0 radical (unpaired) electrons. The molecule has 0 spiro atoms. The van der Waals surface area contributed by atoms with Gasteiger partial charge < -0.3 is 9.64 Å². The van der Waals surface area contributed by atoms with Crippen LogP contribution < -0.4 is 10.3 Å². The van der Waals surface area contributed by atoms with Crippen LogP contribution in [0.3, 0.4) is 0 Å². The Balaban J connectivity index is 1.65. The molecule has 1 amide bonds. The minimum Gasteiger partial charge on any atom is -0.378 e. The summed E-state index contributed by atoms with van der Waals surface area (Å²) in [6.45, 7) is 6.35. The molecule has 0 saturated carbocycles. The summed E-state index contributed by atoms with van der Waals surface area (Å²) >= 11 is 0. The van der Waals surface area contributed by atoms with Gasteiger partial charge in [0.15, 0.2) is 0 Å². The average Bonchev–Trinajstić information content (AvgIpc) is 2.71. The van der Waals surface area contributed by atoms with Gasteiger partial charge in [0, 0.05) is 24.7 Å². The predicted octanol–water partition coefficient (Wildman–Crippen LogP) is 2.74. The zero-order valence-electron chi connectivity index (χ0n) is 16.6. The standard InChI is InChI=1S/C21H24N4O4/c1-15-3-4-17(11-16(15)2)13-21(26)23-22-14-18-5-6-19(20(12-18)25(27)28)24-7-9-29-10-8-24/h3-6,11-12,14H,7-10,13H2,1-2H3,(H,23,26)/b22-14-. The van der Waals surface area contributed by atoms with Crippen LogP contribution in [0.5, 0.6) is 0 Å². The van der Waals surface area contributed by atoms with Gasteiger partial charge in [-0.3, -0.25) is 14.9 Å². The van der Waals surface area contributed by atoms with Gasteiger partial charge >= 0.3 is 0 Å². The van der Waals surface area contributed by atoms with Crippen LogP contribution in [0.2, 0.25) is 0 Å². The highest BCUT2D eigenvalue weighted by Gasteiger charge is 2.21. The number of anilines is 1. The zero-order valence-corrected chi connectivity index (χ0v) is 16.6. The molecule has 0 aliphatic carbocycles. The number of nitrogens with zero attached hydrogens (tertiary/aromatic N) is 3. The molecular weight excluding hydrogens is 372 g/mol. The number of nitrogens with one attached hydrogen (secondary N) is 1. The van der Waals surface area contributed by atoms with Gasteiger partial charge in [0.2, 0.25) is 5.91 Å². The number of benzene rings is 2. The van der Waals surface area contributed by atoms with E-state index >= 15 is 0 Å². The predicted molar refractivity (Wildman–Crippen MR) is 111 cm³/mol. The smallest absolute Gasteiger partial charge is 0.293 e.